The molecule has 2 N–H and O–H groups in total. The van der Waals surface area contributed by atoms with Crippen molar-refractivity contribution in [3.8, 4) is 5.75 Å². The Bertz CT molecular complexity index is 458. The maximum absolute atomic E-state index is 12.6. The zero-order valence-electron chi connectivity index (χ0n) is 10.4. The number of anilines is 1. The van der Waals surface area contributed by atoms with E-state index in [1.165, 1.54) is 13.8 Å². The fourth-order valence-corrected chi connectivity index (χ4v) is 1.33. The Hall–Kier alpha value is -1.76. The molecular weight excluding hydrogens is 263 g/mol. The minimum atomic E-state index is -4.50. The van der Waals surface area contributed by atoms with E-state index in [2.05, 4.69) is 5.32 Å². The second kappa shape index (κ2) is 5.92. The van der Waals surface area contributed by atoms with Gasteiger partial charge in [-0.25, -0.2) is 0 Å². The summed E-state index contributed by atoms with van der Waals surface area (Å²) < 4.78 is 42.8. The van der Waals surface area contributed by atoms with Crippen LogP contribution in [0.5, 0.6) is 5.75 Å². The van der Waals surface area contributed by atoms with Crippen molar-refractivity contribution < 1.29 is 27.8 Å². The molecule has 1 aromatic carbocycles. The van der Waals surface area contributed by atoms with Crippen molar-refractivity contribution in [2.75, 3.05) is 11.9 Å². The van der Waals surface area contributed by atoms with E-state index < -0.39 is 23.8 Å². The van der Waals surface area contributed by atoms with E-state index in [-0.39, 0.29) is 18.0 Å². The first kappa shape index (κ1) is 15.3. The number of amides is 1. The van der Waals surface area contributed by atoms with E-state index in [4.69, 9.17) is 9.84 Å². The van der Waals surface area contributed by atoms with Crippen LogP contribution in [0.3, 0.4) is 0 Å². The lowest BCUT2D eigenvalue weighted by molar-refractivity contribution is -0.137. The minimum absolute atomic E-state index is 0.0732. The lowest BCUT2D eigenvalue weighted by Gasteiger charge is -2.15. The molecule has 0 heterocycles. The largest absolute Gasteiger partial charge is 0.489 e. The van der Waals surface area contributed by atoms with Crippen LogP contribution < -0.4 is 10.1 Å². The highest BCUT2D eigenvalue weighted by Crippen LogP contribution is 2.35. The number of alkyl halides is 3. The zero-order chi connectivity index (χ0) is 14.6. The number of carbonyl (C=O) groups excluding carboxylic acids is 1. The molecule has 0 aliphatic carbocycles. The first-order valence-corrected chi connectivity index (χ1v) is 5.50. The zero-order valence-corrected chi connectivity index (χ0v) is 10.4. The molecule has 0 fully saturated rings. The van der Waals surface area contributed by atoms with Gasteiger partial charge >= 0.3 is 6.18 Å². The Morgan fingerprint density at radius 1 is 1.47 bits per heavy atom. The van der Waals surface area contributed by atoms with Gasteiger partial charge in [-0.1, -0.05) is 0 Å². The third-order valence-corrected chi connectivity index (χ3v) is 2.10. The molecule has 106 valence electrons. The molecule has 1 rings (SSSR count). The van der Waals surface area contributed by atoms with Crippen molar-refractivity contribution in [3.05, 3.63) is 23.8 Å². The molecule has 0 aliphatic rings. The van der Waals surface area contributed by atoms with Crippen LogP contribution in [0.1, 0.15) is 19.4 Å². The van der Waals surface area contributed by atoms with Gasteiger partial charge in [-0.2, -0.15) is 13.2 Å². The molecule has 0 saturated heterocycles. The lowest BCUT2D eigenvalue weighted by Crippen LogP contribution is -2.15. The van der Waals surface area contributed by atoms with E-state index in [9.17, 15) is 18.0 Å². The van der Waals surface area contributed by atoms with Crippen molar-refractivity contribution in [2.45, 2.75) is 26.1 Å². The number of rotatable bonds is 4. The molecular formula is C12H14F3NO3. The average molecular weight is 277 g/mol. The smallest absolute Gasteiger partial charge is 0.416 e. The second-order valence-electron chi connectivity index (χ2n) is 4.05. The standard InChI is InChI=1S/C12H14F3NO3/c1-7(17)6-19-11-4-3-9(12(13,14)15)5-10(11)16-8(2)18/h3-5,7,17H,6H2,1-2H3,(H,16,18)/t7-/m0/s1. The molecule has 0 spiro atoms. The fraction of sp³-hybridized carbons (Fsp3) is 0.417. The van der Waals surface area contributed by atoms with Crippen molar-refractivity contribution in [1.82, 2.24) is 0 Å². The first-order valence-electron chi connectivity index (χ1n) is 5.50. The molecule has 4 nitrogen and oxygen atoms in total. The van der Waals surface area contributed by atoms with Crippen LogP contribution in [0, 0.1) is 0 Å². The normalized spacial score (nSPS) is 12.9. The summed E-state index contributed by atoms with van der Waals surface area (Å²) in [6.45, 7) is 2.57. The Kier molecular flexibility index (Phi) is 4.77. The number of halogens is 3. The van der Waals surface area contributed by atoms with Gasteiger partial charge in [0.2, 0.25) is 5.91 Å². The Balaban J connectivity index is 3.05. The molecule has 1 atom stereocenters. The summed E-state index contributed by atoms with van der Waals surface area (Å²) in [4.78, 5) is 11.0. The number of aliphatic hydroxyl groups is 1. The van der Waals surface area contributed by atoms with Gasteiger partial charge in [0.05, 0.1) is 17.4 Å². The number of aliphatic hydroxyl groups excluding tert-OH is 1. The summed E-state index contributed by atoms with van der Waals surface area (Å²) in [5, 5.41) is 11.3. The molecule has 0 bridgehead atoms. The van der Waals surface area contributed by atoms with Crippen molar-refractivity contribution in [3.63, 3.8) is 0 Å². The summed E-state index contributed by atoms with van der Waals surface area (Å²) in [7, 11) is 0. The molecule has 0 unspecified atom stereocenters. The van der Waals surface area contributed by atoms with Gasteiger partial charge in [0, 0.05) is 6.92 Å². The summed E-state index contributed by atoms with van der Waals surface area (Å²) in [6.07, 6.45) is -5.27. The Morgan fingerprint density at radius 3 is 2.58 bits per heavy atom. The number of hydrogen-bond acceptors (Lipinski definition) is 3. The summed E-state index contributed by atoms with van der Waals surface area (Å²) in [5.74, 6) is -0.440. The maximum atomic E-state index is 12.6. The van der Waals surface area contributed by atoms with Crippen molar-refractivity contribution in [2.24, 2.45) is 0 Å². The lowest BCUT2D eigenvalue weighted by atomic mass is 10.1. The van der Waals surface area contributed by atoms with E-state index in [1.807, 2.05) is 0 Å². The molecule has 19 heavy (non-hydrogen) atoms. The van der Waals surface area contributed by atoms with Crippen LogP contribution in [0.15, 0.2) is 18.2 Å². The topological polar surface area (TPSA) is 58.6 Å². The third-order valence-electron chi connectivity index (χ3n) is 2.10. The van der Waals surface area contributed by atoms with Gasteiger partial charge in [-0.3, -0.25) is 4.79 Å². The molecule has 1 aromatic rings. The van der Waals surface area contributed by atoms with E-state index >= 15 is 0 Å². The monoisotopic (exact) mass is 277 g/mol. The number of hydrogen-bond donors (Lipinski definition) is 2. The van der Waals surface area contributed by atoms with E-state index in [0.29, 0.717) is 0 Å². The third kappa shape index (κ3) is 4.78. The number of carbonyl (C=O) groups is 1. The highest BCUT2D eigenvalue weighted by atomic mass is 19.4. The Morgan fingerprint density at radius 2 is 2.11 bits per heavy atom. The number of ether oxygens (including phenoxy) is 1. The van der Waals surface area contributed by atoms with Crippen LogP contribution in [0.4, 0.5) is 18.9 Å². The predicted molar refractivity (Wildman–Crippen MR) is 62.9 cm³/mol. The highest BCUT2D eigenvalue weighted by molar-refractivity contribution is 5.90. The Labute approximate surface area is 108 Å². The predicted octanol–water partition coefficient (Wildman–Crippen LogP) is 2.42. The van der Waals surface area contributed by atoms with Crippen molar-refractivity contribution >= 4 is 11.6 Å². The van der Waals surface area contributed by atoms with Crippen LogP contribution in [0.25, 0.3) is 0 Å². The maximum Gasteiger partial charge on any atom is 0.416 e. The van der Waals surface area contributed by atoms with Crippen LogP contribution >= 0.6 is 0 Å². The summed E-state index contributed by atoms with van der Waals surface area (Å²) >= 11 is 0. The van der Waals surface area contributed by atoms with Gasteiger partial charge in [0.15, 0.2) is 0 Å². The fourth-order valence-electron chi connectivity index (χ4n) is 1.33. The van der Waals surface area contributed by atoms with Gasteiger partial charge in [-0.05, 0) is 25.1 Å². The molecule has 0 aromatic heterocycles. The molecule has 0 aliphatic heterocycles. The van der Waals surface area contributed by atoms with Crippen LogP contribution in [0.2, 0.25) is 0 Å². The quantitative estimate of drug-likeness (QED) is 0.888. The van der Waals surface area contributed by atoms with Gasteiger partial charge in [0.25, 0.3) is 0 Å². The van der Waals surface area contributed by atoms with Gasteiger partial charge < -0.3 is 15.2 Å². The summed E-state index contributed by atoms with van der Waals surface area (Å²) in [5.41, 5.74) is -0.969. The minimum Gasteiger partial charge on any atom is -0.489 e. The van der Waals surface area contributed by atoms with E-state index in [0.717, 1.165) is 18.2 Å². The van der Waals surface area contributed by atoms with Gasteiger partial charge in [-0.15, -0.1) is 0 Å². The SMILES string of the molecule is CC(=O)Nc1cc(C(F)(F)F)ccc1OC[C@H](C)O. The molecule has 0 saturated carbocycles. The van der Waals surface area contributed by atoms with Crippen molar-refractivity contribution in [1.29, 1.82) is 0 Å². The number of benzene rings is 1. The van der Waals surface area contributed by atoms with E-state index in [1.54, 1.807) is 0 Å². The van der Waals surface area contributed by atoms with Gasteiger partial charge in [0.1, 0.15) is 12.4 Å². The molecule has 0 radical (unpaired) electrons. The molecule has 1 amide bonds. The first-order chi connectivity index (χ1) is 8.70. The molecule has 7 heteroatoms. The highest BCUT2D eigenvalue weighted by Gasteiger charge is 2.31. The van der Waals surface area contributed by atoms with Crippen LogP contribution in [-0.2, 0) is 11.0 Å². The number of nitrogens with one attached hydrogen (secondary N) is 1. The average Bonchev–Trinajstić information content (AvgIpc) is 2.25. The second-order valence-corrected chi connectivity index (χ2v) is 4.05. The summed E-state index contributed by atoms with van der Waals surface area (Å²) in [6, 6.07) is 2.75. The van der Waals surface area contributed by atoms with Crippen LogP contribution in [-0.4, -0.2) is 23.7 Å².